The molecule has 0 saturated carbocycles. The van der Waals surface area contributed by atoms with E-state index in [0.29, 0.717) is 10.7 Å². The Morgan fingerprint density at radius 1 is 1.33 bits per heavy atom. The first-order valence-corrected chi connectivity index (χ1v) is 3.84. The first-order chi connectivity index (χ1) is 5.74. The molecule has 0 fully saturated rings. The van der Waals surface area contributed by atoms with E-state index in [1.54, 1.807) is 24.3 Å². The van der Waals surface area contributed by atoms with Gasteiger partial charge in [0.05, 0.1) is 5.71 Å². The van der Waals surface area contributed by atoms with Gasteiger partial charge in [-0.25, -0.2) is 0 Å². The average Bonchev–Trinajstić information content (AvgIpc) is 2.06. The van der Waals surface area contributed by atoms with E-state index in [9.17, 15) is 0 Å². The average molecular weight is 181 g/mol. The highest BCUT2D eigenvalue weighted by Crippen LogP contribution is 2.09. The summed E-state index contributed by atoms with van der Waals surface area (Å²) in [7, 11) is 0. The van der Waals surface area contributed by atoms with Crippen LogP contribution in [0.1, 0.15) is 5.56 Å². The molecule has 12 heavy (non-hydrogen) atoms. The number of rotatable bonds is 2. The van der Waals surface area contributed by atoms with E-state index in [0.717, 1.165) is 5.56 Å². The van der Waals surface area contributed by atoms with Crippen molar-refractivity contribution in [1.29, 1.82) is 5.41 Å². The van der Waals surface area contributed by atoms with E-state index in [2.05, 4.69) is 0 Å². The molecule has 0 amide bonds. The lowest BCUT2D eigenvalue weighted by Gasteiger charge is -1.97. The summed E-state index contributed by atoms with van der Waals surface area (Å²) in [5.74, 6) is 0. The van der Waals surface area contributed by atoms with Crippen LogP contribution in [0.15, 0.2) is 36.5 Å². The molecule has 0 aliphatic carbocycles. The molecular weight excluding hydrogens is 172 g/mol. The Bertz CT molecular complexity index is 301. The van der Waals surface area contributed by atoms with Crippen molar-refractivity contribution in [1.82, 2.24) is 0 Å². The Kier molecular flexibility index (Phi) is 2.88. The SMILES string of the molecule is N=C(/C=C\N)c1ccc(Cl)cc1. The maximum Gasteiger partial charge on any atom is 0.0626 e. The Morgan fingerprint density at radius 2 is 1.92 bits per heavy atom. The van der Waals surface area contributed by atoms with Crippen LogP contribution in [-0.2, 0) is 0 Å². The topological polar surface area (TPSA) is 49.9 Å². The standard InChI is InChI=1S/C9H9ClN2/c10-8-3-1-7(2-4-8)9(12)5-6-11/h1-6,12H,11H2/b6-5-,12-9?. The molecule has 0 saturated heterocycles. The lowest BCUT2D eigenvalue weighted by atomic mass is 10.1. The largest absolute Gasteiger partial charge is 0.405 e. The summed E-state index contributed by atoms with van der Waals surface area (Å²) in [6.45, 7) is 0. The van der Waals surface area contributed by atoms with Crippen molar-refractivity contribution in [2.24, 2.45) is 5.73 Å². The normalized spacial score (nSPS) is 10.4. The molecule has 2 nitrogen and oxygen atoms in total. The fraction of sp³-hybridized carbons (Fsp3) is 0. The molecular formula is C9H9ClN2. The lowest BCUT2D eigenvalue weighted by molar-refractivity contribution is 1.48. The number of hydrogen-bond acceptors (Lipinski definition) is 2. The van der Waals surface area contributed by atoms with Crippen LogP contribution in [0.25, 0.3) is 0 Å². The molecule has 0 aromatic heterocycles. The molecule has 0 aliphatic rings. The maximum absolute atomic E-state index is 7.49. The summed E-state index contributed by atoms with van der Waals surface area (Å²) in [5.41, 5.74) is 6.34. The third-order valence-corrected chi connectivity index (χ3v) is 1.67. The van der Waals surface area contributed by atoms with Crippen LogP contribution >= 0.6 is 11.6 Å². The second-order valence-corrected chi connectivity index (χ2v) is 2.72. The summed E-state index contributed by atoms with van der Waals surface area (Å²) >= 11 is 5.68. The van der Waals surface area contributed by atoms with E-state index in [4.69, 9.17) is 22.7 Å². The van der Waals surface area contributed by atoms with Gasteiger partial charge in [0.25, 0.3) is 0 Å². The number of nitrogens with two attached hydrogens (primary N) is 1. The summed E-state index contributed by atoms with van der Waals surface area (Å²) in [4.78, 5) is 0. The molecule has 1 aromatic carbocycles. The molecule has 3 heteroatoms. The summed E-state index contributed by atoms with van der Waals surface area (Å²) in [6, 6.07) is 7.06. The quantitative estimate of drug-likeness (QED) is 0.674. The van der Waals surface area contributed by atoms with E-state index in [-0.39, 0.29) is 0 Å². The smallest absolute Gasteiger partial charge is 0.0626 e. The van der Waals surface area contributed by atoms with Gasteiger partial charge in [-0.05, 0) is 30.0 Å². The fourth-order valence-corrected chi connectivity index (χ4v) is 0.948. The lowest BCUT2D eigenvalue weighted by Crippen LogP contribution is -1.94. The first-order valence-electron chi connectivity index (χ1n) is 3.47. The van der Waals surface area contributed by atoms with Crippen molar-refractivity contribution in [2.75, 3.05) is 0 Å². The van der Waals surface area contributed by atoms with Crippen LogP contribution in [0.5, 0.6) is 0 Å². The zero-order chi connectivity index (χ0) is 8.97. The van der Waals surface area contributed by atoms with Crippen molar-refractivity contribution >= 4 is 17.3 Å². The highest BCUT2D eigenvalue weighted by Gasteiger charge is 1.95. The number of hydrogen-bond donors (Lipinski definition) is 2. The molecule has 0 aliphatic heterocycles. The molecule has 1 rings (SSSR count). The van der Waals surface area contributed by atoms with Crippen LogP contribution in [-0.4, -0.2) is 5.71 Å². The molecule has 3 N–H and O–H groups in total. The second-order valence-electron chi connectivity index (χ2n) is 2.28. The van der Waals surface area contributed by atoms with Crippen LogP contribution in [0, 0.1) is 5.41 Å². The Balaban J connectivity index is 2.90. The van der Waals surface area contributed by atoms with Crippen molar-refractivity contribution in [3.05, 3.63) is 47.1 Å². The number of allylic oxidation sites excluding steroid dienone is 1. The molecule has 0 spiro atoms. The molecule has 62 valence electrons. The van der Waals surface area contributed by atoms with Crippen LogP contribution in [0.2, 0.25) is 5.02 Å². The highest BCUT2D eigenvalue weighted by atomic mass is 35.5. The zero-order valence-electron chi connectivity index (χ0n) is 6.42. The van der Waals surface area contributed by atoms with Crippen molar-refractivity contribution in [3.63, 3.8) is 0 Å². The Labute approximate surface area is 76.2 Å². The molecule has 1 aromatic rings. The minimum atomic E-state index is 0.383. The van der Waals surface area contributed by atoms with E-state index >= 15 is 0 Å². The van der Waals surface area contributed by atoms with Gasteiger partial charge in [0.15, 0.2) is 0 Å². The van der Waals surface area contributed by atoms with Gasteiger partial charge in [-0.2, -0.15) is 0 Å². The Morgan fingerprint density at radius 3 is 2.42 bits per heavy atom. The van der Waals surface area contributed by atoms with Gasteiger partial charge >= 0.3 is 0 Å². The number of halogens is 1. The van der Waals surface area contributed by atoms with Gasteiger partial charge in [0.2, 0.25) is 0 Å². The molecule has 0 atom stereocenters. The van der Waals surface area contributed by atoms with Crippen molar-refractivity contribution in [3.8, 4) is 0 Å². The van der Waals surface area contributed by atoms with Crippen LogP contribution in [0.4, 0.5) is 0 Å². The third-order valence-electron chi connectivity index (χ3n) is 1.42. The van der Waals surface area contributed by atoms with Crippen LogP contribution in [0.3, 0.4) is 0 Å². The number of benzene rings is 1. The predicted molar refractivity (Wildman–Crippen MR) is 51.6 cm³/mol. The molecule has 0 heterocycles. The van der Waals surface area contributed by atoms with Gasteiger partial charge in [0.1, 0.15) is 0 Å². The van der Waals surface area contributed by atoms with Gasteiger partial charge in [-0.1, -0.05) is 23.7 Å². The minimum Gasteiger partial charge on any atom is -0.405 e. The molecule has 0 bridgehead atoms. The van der Waals surface area contributed by atoms with E-state index in [1.807, 2.05) is 0 Å². The predicted octanol–water partition coefficient (Wildman–Crippen LogP) is 2.18. The van der Waals surface area contributed by atoms with Crippen molar-refractivity contribution < 1.29 is 0 Å². The fourth-order valence-electron chi connectivity index (χ4n) is 0.822. The van der Waals surface area contributed by atoms with Crippen molar-refractivity contribution in [2.45, 2.75) is 0 Å². The highest BCUT2D eigenvalue weighted by molar-refractivity contribution is 6.30. The van der Waals surface area contributed by atoms with Crippen LogP contribution < -0.4 is 5.73 Å². The van der Waals surface area contributed by atoms with E-state index in [1.165, 1.54) is 12.3 Å². The first kappa shape index (κ1) is 8.81. The summed E-state index contributed by atoms with van der Waals surface area (Å²) in [5, 5.41) is 8.16. The minimum absolute atomic E-state index is 0.383. The van der Waals surface area contributed by atoms with Gasteiger partial charge < -0.3 is 11.1 Å². The third kappa shape index (κ3) is 2.10. The van der Waals surface area contributed by atoms with Gasteiger partial charge in [0, 0.05) is 5.02 Å². The number of nitrogens with one attached hydrogen (secondary N) is 1. The summed E-state index contributed by atoms with van der Waals surface area (Å²) < 4.78 is 0. The summed E-state index contributed by atoms with van der Waals surface area (Å²) in [6.07, 6.45) is 2.88. The Hall–Kier alpha value is -1.28. The van der Waals surface area contributed by atoms with Gasteiger partial charge in [-0.15, -0.1) is 0 Å². The maximum atomic E-state index is 7.49. The zero-order valence-corrected chi connectivity index (χ0v) is 7.18. The van der Waals surface area contributed by atoms with Gasteiger partial charge in [-0.3, -0.25) is 0 Å². The monoisotopic (exact) mass is 180 g/mol. The second kappa shape index (κ2) is 3.93. The molecule has 0 radical (unpaired) electrons. The molecule has 0 unspecified atom stereocenters. The van der Waals surface area contributed by atoms with E-state index < -0.39 is 0 Å².